The van der Waals surface area contributed by atoms with Crippen molar-refractivity contribution < 1.29 is 4.74 Å². The summed E-state index contributed by atoms with van der Waals surface area (Å²) < 4.78 is 7.50. The fraction of sp³-hybridized carbons (Fsp3) is 0.538. The number of imidazole rings is 1. The van der Waals surface area contributed by atoms with E-state index >= 15 is 0 Å². The summed E-state index contributed by atoms with van der Waals surface area (Å²) in [6, 6.07) is 1.83. The van der Waals surface area contributed by atoms with Gasteiger partial charge in [0.15, 0.2) is 5.65 Å². The van der Waals surface area contributed by atoms with Gasteiger partial charge in [0, 0.05) is 26.0 Å². The molecule has 0 aromatic carbocycles. The zero-order chi connectivity index (χ0) is 13.2. The van der Waals surface area contributed by atoms with Crippen LogP contribution in [0.5, 0.6) is 0 Å². The first-order valence-electron chi connectivity index (χ1n) is 6.42. The van der Waals surface area contributed by atoms with Crippen molar-refractivity contribution in [1.82, 2.24) is 14.5 Å². The van der Waals surface area contributed by atoms with Crippen molar-refractivity contribution in [2.24, 2.45) is 5.92 Å². The second-order valence-electron chi connectivity index (χ2n) is 4.83. The maximum absolute atomic E-state index is 5.97. The van der Waals surface area contributed by atoms with Gasteiger partial charge < -0.3 is 9.30 Å². The van der Waals surface area contributed by atoms with Crippen molar-refractivity contribution in [3.8, 4) is 0 Å². The molecular weight excluding hydrogens is 285 g/mol. The Labute approximate surface area is 121 Å². The Morgan fingerprint density at radius 2 is 2.37 bits per heavy atom. The SMILES string of the molecule is ClCc1nc2cc(Cl)cnc2n1CCC1CCOC1. The van der Waals surface area contributed by atoms with Crippen LogP contribution in [0.25, 0.3) is 11.2 Å². The summed E-state index contributed by atoms with van der Waals surface area (Å²) in [6.07, 6.45) is 3.86. The van der Waals surface area contributed by atoms with Gasteiger partial charge >= 0.3 is 0 Å². The van der Waals surface area contributed by atoms with Crippen LogP contribution in [0.15, 0.2) is 12.3 Å². The summed E-state index contributed by atoms with van der Waals surface area (Å²) in [6.45, 7) is 2.62. The van der Waals surface area contributed by atoms with E-state index in [1.807, 2.05) is 6.07 Å². The van der Waals surface area contributed by atoms with Gasteiger partial charge in [-0.2, -0.15) is 0 Å². The lowest BCUT2D eigenvalue weighted by atomic mass is 10.1. The molecule has 19 heavy (non-hydrogen) atoms. The number of fused-ring (bicyclic) bond motifs is 1. The number of halogens is 2. The van der Waals surface area contributed by atoms with Crippen LogP contribution < -0.4 is 0 Å². The fourth-order valence-electron chi connectivity index (χ4n) is 2.49. The van der Waals surface area contributed by atoms with E-state index < -0.39 is 0 Å². The maximum atomic E-state index is 5.97. The number of hydrogen-bond donors (Lipinski definition) is 0. The number of alkyl halides is 1. The number of hydrogen-bond acceptors (Lipinski definition) is 3. The van der Waals surface area contributed by atoms with Gasteiger partial charge in [-0.1, -0.05) is 11.6 Å². The predicted molar refractivity (Wildman–Crippen MR) is 75.6 cm³/mol. The summed E-state index contributed by atoms with van der Waals surface area (Å²) in [7, 11) is 0. The van der Waals surface area contributed by atoms with Crippen molar-refractivity contribution in [2.75, 3.05) is 13.2 Å². The molecule has 1 aliphatic heterocycles. The smallest absolute Gasteiger partial charge is 0.160 e. The van der Waals surface area contributed by atoms with E-state index in [-0.39, 0.29) is 0 Å². The number of aromatic nitrogens is 3. The Hall–Kier alpha value is -0.840. The number of rotatable bonds is 4. The number of pyridine rings is 1. The molecule has 2 aromatic heterocycles. The van der Waals surface area contributed by atoms with Crippen LogP contribution in [0.2, 0.25) is 5.02 Å². The highest BCUT2D eigenvalue weighted by Crippen LogP contribution is 2.22. The molecule has 0 spiro atoms. The van der Waals surface area contributed by atoms with Gasteiger partial charge in [-0.3, -0.25) is 0 Å². The molecule has 6 heteroatoms. The molecule has 2 aromatic rings. The van der Waals surface area contributed by atoms with Gasteiger partial charge in [0.05, 0.1) is 10.9 Å². The third-order valence-corrected chi connectivity index (χ3v) is 3.98. The molecule has 102 valence electrons. The molecule has 1 fully saturated rings. The highest BCUT2D eigenvalue weighted by molar-refractivity contribution is 6.31. The lowest BCUT2D eigenvalue weighted by molar-refractivity contribution is 0.183. The normalized spacial score (nSPS) is 19.4. The van der Waals surface area contributed by atoms with E-state index in [0.717, 1.165) is 49.6 Å². The lowest BCUT2D eigenvalue weighted by Crippen LogP contribution is -2.09. The molecule has 3 rings (SSSR count). The first-order chi connectivity index (χ1) is 9.28. The Morgan fingerprint density at radius 3 is 3.11 bits per heavy atom. The second-order valence-corrected chi connectivity index (χ2v) is 5.53. The number of nitrogens with zero attached hydrogens (tertiary/aromatic N) is 3. The van der Waals surface area contributed by atoms with Crippen molar-refractivity contribution in [2.45, 2.75) is 25.3 Å². The molecule has 1 saturated heterocycles. The molecular formula is C13H15Cl2N3O. The highest BCUT2D eigenvalue weighted by atomic mass is 35.5. The molecule has 1 aliphatic rings. The molecule has 0 radical (unpaired) electrons. The third kappa shape index (κ3) is 2.71. The van der Waals surface area contributed by atoms with E-state index in [1.54, 1.807) is 6.20 Å². The van der Waals surface area contributed by atoms with Crippen LogP contribution in [-0.2, 0) is 17.2 Å². The zero-order valence-electron chi connectivity index (χ0n) is 10.5. The number of ether oxygens (including phenoxy) is 1. The summed E-state index contributed by atoms with van der Waals surface area (Å²) >= 11 is 11.9. The largest absolute Gasteiger partial charge is 0.381 e. The second kappa shape index (κ2) is 5.65. The minimum absolute atomic E-state index is 0.384. The summed E-state index contributed by atoms with van der Waals surface area (Å²) in [5, 5.41) is 0.600. The van der Waals surface area contributed by atoms with E-state index in [2.05, 4.69) is 14.5 Å². The summed E-state index contributed by atoms with van der Waals surface area (Å²) in [5.41, 5.74) is 1.67. The van der Waals surface area contributed by atoms with Gasteiger partial charge in [0.25, 0.3) is 0 Å². The van der Waals surface area contributed by atoms with Crippen molar-refractivity contribution >= 4 is 34.4 Å². The van der Waals surface area contributed by atoms with Crippen LogP contribution in [0, 0.1) is 5.92 Å². The van der Waals surface area contributed by atoms with Gasteiger partial charge in [-0.05, 0) is 24.8 Å². The van der Waals surface area contributed by atoms with Gasteiger partial charge in [-0.25, -0.2) is 9.97 Å². The Kier molecular flexibility index (Phi) is 3.91. The monoisotopic (exact) mass is 299 g/mol. The number of aryl methyl sites for hydroxylation is 1. The molecule has 3 heterocycles. The summed E-state index contributed by atoms with van der Waals surface area (Å²) in [5.74, 6) is 1.87. The standard InChI is InChI=1S/C13H15Cl2N3O/c14-6-12-17-11-5-10(15)7-16-13(11)18(12)3-1-9-2-4-19-8-9/h5,7,9H,1-4,6,8H2. The van der Waals surface area contributed by atoms with E-state index in [1.165, 1.54) is 0 Å². The van der Waals surface area contributed by atoms with Crippen molar-refractivity contribution in [3.63, 3.8) is 0 Å². The first-order valence-corrected chi connectivity index (χ1v) is 7.33. The predicted octanol–water partition coefficient (Wildman–Crippen LogP) is 3.25. The van der Waals surface area contributed by atoms with Gasteiger partial charge in [0.2, 0.25) is 0 Å². The van der Waals surface area contributed by atoms with Crippen LogP contribution in [-0.4, -0.2) is 27.7 Å². The van der Waals surface area contributed by atoms with E-state index in [4.69, 9.17) is 27.9 Å². The molecule has 1 unspecified atom stereocenters. The van der Waals surface area contributed by atoms with Gasteiger partial charge in [0.1, 0.15) is 11.3 Å². The van der Waals surface area contributed by atoms with Crippen LogP contribution >= 0.6 is 23.2 Å². The minimum Gasteiger partial charge on any atom is -0.381 e. The van der Waals surface area contributed by atoms with Crippen LogP contribution in [0.1, 0.15) is 18.7 Å². The highest BCUT2D eigenvalue weighted by Gasteiger charge is 2.17. The quantitative estimate of drug-likeness (QED) is 0.814. The first kappa shape index (κ1) is 13.2. The average Bonchev–Trinajstić information content (AvgIpc) is 3.02. The topological polar surface area (TPSA) is 39.9 Å². The molecule has 0 saturated carbocycles. The zero-order valence-corrected chi connectivity index (χ0v) is 12.0. The molecule has 0 amide bonds. The molecule has 1 atom stereocenters. The third-order valence-electron chi connectivity index (χ3n) is 3.54. The van der Waals surface area contributed by atoms with E-state index in [0.29, 0.717) is 16.8 Å². The molecule has 4 nitrogen and oxygen atoms in total. The van der Waals surface area contributed by atoms with Crippen LogP contribution in [0.3, 0.4) is 0 Å². The molecule has 0 aliphatic carbocycles. The van der Waals surface area contributed by atoms with Crippen molar-refractivity contribution in [1.29, 1.82) is 0 Å². The Morgan fingerprint density at radius 1 is 1.47 bits per heavy atom. The maximum Gasteiger partial charge on any atom is 0.160 e. The lowest BCUT2D eigenvalue weighted by Gasteiger charge is -2.10. The fourth-order valence-corrected chi connectivity index (χ4v) is 2.85. The Balaban J connectivity index is 1.87. The molecule has 0 bridgehead atoms. The average molecular weight is 300 g/mol. The Bertz CT molecular complexity index is 579. The minimum atomic E-state index is 0.384. The summed E-state index contributed by atoms with van der Waals surface area (Å²) in [4.78, 5) is 8.86. The van der Waals surface area contributed by atoms with Crippen molar-refractivity contribution in [3.05, 3.63) is 23.1 Å². The van der Waals surface area contributed by atoms with E-state index in [9.17, 15) is 0 Å². The van der Waals surface area contributed by atoms with Gasteiger partial charge in [-0.15, -0.1) is 11.6 Å². The van der Waals surface area contributed by atoms with Crippen LogP contribution in [0.4, 0.5) is 0 Å². The molecule has 0 N–H and O–H groups in total.